The molecule has 3 N–H and O–H groups in total. The minimum atomic E-state index is 0. The molecule has 0 aromatic heterocycles. The van der Waals surface area contributed by atoms with Gasteiger partial charge in [0.2, 0.25) is 0 Å². The monoisotopic (exact) mass is 102 g/mol. The number of hydrogen-bond donors (Lipinski definition) is 3. The SMILES string of the molecule is CO.Cl.OO. The van der Waals surface area contributed by atoms with Crippen LogP contribution in [-0.2, 0) is 0 Å². The number of hydrogen-bond acceptors (Lipinski definition) is 3. The molecule has 0 fully saturated rings. The van der Waals surface area contributed by atoms with Gasteiger partial charge in [0.05, 0.1) is 0 Å². The molecule has 0 aliphatic rings. The number of aliphatic hydroxyl groups excluding tert-OH is 1. The zero-order chi connectivity index (χ0) is 4.00. The molecule has 0 rings (SSSR count). The molecule has 0 bridgehead atoms. The summed E-state index contributed by atoms with van der Waals surface area (Å²) in [5, 5.41) is 19.0. The third kappa shape index (κ3) is 679. The van der Waals surface area contributed by atoms with Crippen LogP contribution in [0.25, 0.3) is 0 Å². The van der Waals surface area contributed by atoms with Crippen molar-refractivity contribution in [2.24, 2.45) is 0 Å². The molecule has 36 valence electrons. The third-order valence-corrected chi connectivity index (χ3v) is 0. The van der Waals surface area contributed by atoms with Crippen LogP contribution in [0.3, 0.4) is 0 Å². The van der Waals surface area contributed by atoms with Crippen LogP contribution in [-0.4, -0.2) is 22.7 Å². The van der Waals surface area contributed by atoms with Crippen molar-refractivity contribution in [3.05, 3.63) is 0 Å². The Bertz CT molecular complexity index is 6.85. The van der Waals surface area contributed by atoms with E-state index in [-0.39, 0.29) is 12.4 Å². The summed E-state index contributed by atoms with van der Waals surface area (Å²) in [6.45, 7) is 0. The molecule has 0 unspecified atom stereocenters. The Hall–Kier alpha value is 0.170. The number of halogens is 1. The molecule has 4 heteroatoms. The van der Waals surface area contributed by atoms with Crippen LogP contribution in [0.15, 0.2) is 0 Å². The summed E-state index contributed by atoms with van der Waals surface area (Å²) < 4.78 is 0. The molecule has 0 amide bonds. The van der Waals surface area contributed by atoms with Gasteiger partial charge in [-0.2, -0.15) is 0 Å². The standard InChI is InChI=1S/CH4O.ClH.H2O2/c1-2;;1-2/h2H,1H3;1H;1-2H. The second-order valence-corrected chi connectivity index (χ2v) is 0. The normalized spacial score (nSPS) is 2.40. The molecule has 0 radical (unpaired) electrons. The Balaban J connectivity index is -0.0000000133. The highest BCUT2D eigenvalue weighted by molar-refractivity contribution is 5.85. The van der Waals surface area contributed by atoms with Crippen molar-refractivity contribution in [3.63, 3.8) is 0 Å². The lowest BCUT2D eigenvalue weighted by Crippen LogP contribution is -1.29. The topological polar surface area (TPSA) is 60.7 Å². The molecule has 0 aliphatic carbocycles. The van der Waals surface area contributed by atoms with Crippen molar-refractivity contribution in [2.45, 2.75) is 0 Å². The van der Waals surface area contributed by atoms with Gasteiger partial charge >= 0.3 is 0 Å². The van der Waals surface area contributed by atoms with Crippen molar-refractivity contribution in [1.82, 2.24) is 0 Å². The van der Waals surface area contributed by atoms with E-state index >= 15 is 0 Å². The van der Waals surface area contributed by atoms with Gasteiger partial charge in [-0.15, -0.1) is 12.4 Å². The van der Waals surface area contributed by atoms with Crippen LogP contribution >= 0.6 is 12.4 Å². The average molecular weight is 103 g/mol. The van der Waals surface area contributed by atoms with Crippen LogP contribution in [0.4, 0.5) is 0 Å². The minimum Gasteiger partial charge on any atom is -0.400 e. The molecule has 0 heterocycles. The van der Waals surface area contributed by atoms with E-state index in [4.69, 9.17) is 15.6 Å². The molecular formula is CH7ClO3. The van der Waals surface area contributed by atoms with Crippen LogP contribution < -0.4 is 0 Å². The van der Waals surface area contributed by atoms with Gasteiger partial charge in [0, 0.05) is 7.11 Å². The molecule has 0 saturated heterocycles. The molecule has 0 atom stereocenters. The Kier molecular flexibility index (Phi) is 5540. The highest BCUT2D eigenvalue weighted by Crippen LogP contribution is 0.755. The van der Waals surface area contributed by atoms with Gasteiger partial charge in [-0.1, -0.05) is 0 Å². The molecule has 0 spiro atoms. The van der Waals surface area contributed by atoms with Crippen molar-refractivity contribution < 1.29 is 15.6 Å². The lowest BCUT2D eigenvalue weighted by molar-refractivity contribution is -0.176. The van der Waals surface area contributed by atoms with E-state index in [1.165, 1.54) is 0 Å². The summed E-state index contributed by atoms with van der Waals surface area (Å²) in [6.07, 6.45) is 0. The van der Waals surface area contributed by atoms with Gasteiger partial charge < -0.3 is 5.11 Å². The summed E-state index contributed by atoms with van der Waals surface area (Å²) in [7, 11) is 1.00. The Morgan fingerprint density at radius 3 is 1.00 bits per heavy atom. The van der Waals surface area contributed by atoms with Gasteiger partial charge in [-0.05, 0) is 0 Å². The fourth-order valence-electron chi connectivity index (χ4n) is 0. The summed E-state index contributed by atoms with van der Waals surface area (Å²) >= 11 is 0. The molecule has 3 nitrogen and oxygen atoms in total. The quantitative estimate of drug-likeness (QED) is 0.299. The minimum absolute atomic E-state index is 0. The summed E-state index contributed by atoms with van der Waals surface area (Å²) in [4.78, 5) is 0. The van der Waals surface area contributed by atoms with Crippen molar-refractivity contribution in [2.75, 3.05) is 7.11 Å². The van der Waals surface area contributed by atoms with E-state index in [1.807, 2.05) is 0 Å². The molecule has 5 heavy (non-hydrogen) atoms. The maximum atomic E-state index is 7.00. The Morgan fingerprint density at radius 2 is 1.00 bits per heavy atom. The maximum absolute atomic E-state index is 7.00. The maximum Gasteiger partial charge on any atom is 0.0319 e. The van der Waals surface area contributed by atoms with E-state index < -0.39 is 0 Å². The number of rotatable bonds is 0. The molecular weight excluding hydrogens is 95.5 g/mol. The number of aliphatic hydroxyl groups is 1. The van der Waals surface area contributed by atoms with E-state index in [9.17, 15) is 0 Å². The fraction of sp³-hybridized carbons (Fsp3) is 1.00. The van der Waals surface area contributed by atoms with Crippen LogP contribution in [0.2, 0.25) is 0 Å². The van der Waals surface area contributed by atoms with Crippen LogP contribution in [0.5, 0.6) is 0 Å². The predicted octanol–water partition coefficient (Wildman–Crippen LogP) is 0.0477. The first-order chi connectivity index (χ1) is 2.00. The summed E-state index contributed by atoms with van der Waals surface area (Å²) in [5.41, 5.74) is 0. The molecule has 0 aromatic carbocycles. The smallest absolute Gasteiger partial charge is 0.0319 e. The van der Waals surface area contributed by atoms with E-state index in [2.05, 4.69) is 0 Å². The van der Waals surface area contributed by atoms with Gasteiger partial charge in [-0.25, -0.2) is 0 Å². The highest BCUT2D eigenvalue weighted by atomic mass is 35.5. The molecule has 0 aliphatic heterocycles. The zero-order valence-corrected chi connectivity index (χ0v) is 3.57. The largest absolute Gasteiger partial charge is 0.400 e. The lowest BCUT2D eigenvalue weighted by Gasteiger charge is -1.25. The predicted molar refractivity (Wildman–Crippen MR) is 20.6 cm³/mol. The highest BCUT2D eigenvalue weighted by Gasteiger charge is 0.839. The Morgan fingerprint density at radius 1 is 1.00 bits per heavy atom. The van der Waals surface area contributed by atoms with Crippen molar-refractivity contribution in [1.29, 1.82) is 0 Å². The average Bonchev–Trinajstić information content (AvgIpc) is 1.50. The van der Waals surface area contributed by atoms with Gasteiger partial charge in [-0.3, -0.25) is 10.5 Å². The first-order valence-corrected chi connectivity index (χ1v) is 0.647. The molecule has 0 aromatic rings. The van der Waals surface area contributed by atoms with Crippen molar-refractivity contribution >= 4 is 12.4 Å². The second kappa shape index (κ2) is 1450. The third-order valence-electron chi connectivity index (χ3n) is 0. The Labute approximate surface area is 36.2 Å². The summed E-state index contributed by atoms with van der Waals surface area (Å²) in [6, 6.07) is 0. The van der Waals surface area contributed by atoms with Gasteiger partial charge in [0.15, 0.2) is 0 Å². The zero-order valence-electron chi connectivity index (χ0n) is 2.75. The second-order valence-electron chi connectivity index (χ2n) is 0. The van der Waals surface area contributed by atoms with Gasteiger partial charge in [0.25, 0.3) is 0 Å². The van der Waals surface area contributed by atoms with Crippen LogP contribution in [0, 0.1) is 0 Å². The van der Waals surface area contributed by atoms with Crippen LogP contribution in [0.1, 0.15) is 0 Å². The van der Waals surface area contributed by atoms with E-state index in [0.717, 1.165) is 7.11 Å². The van der Waals surface area contributed by atoms with Gasteiger partial charge in [0.1, 0.15) is 0 Å². The molecule has 0 saturated carbocycles. The lowest BCUT2D eigenvalue weighted by atomic mass is 11.8. The van der Waals surface area contributed by atoms with E-state index in [0.29, 0.717) is 0 Å². The van der Waals surface area contributed by atoms with E-state index in [1.54, 1.807) is 0 Å². The van der Waals surface area contributed by atoms with Crippen molar-refractivity contribution in [3.8, 4) is 0 Å². The first kappa shape index (κ1) is 19.1. The summed E-state index contributed by atoms with van der Waals surface area (Å²) in [5.74, 6) is 0. The first-order valence-electron chi connectivity index (χ1n) is 0.647. The fourth-order valence-corrected chi connectivity index (χ4v) is 0.